The maximum Gasteiger partial charge on any atom is 0 e. The van der Waals surface area contributed by atoms with E-state index in [1.54, 1.807) is 0 Å². The van der Waals surface area contributed by atoms with Gasteiger partial charge in [0, 0.05) is 98.1 Å². The van der Waals surface area contributed by atoms with E-state index in [1.165, 1.54) is 89.9 Å². The second-order valence-electron chi connectivity index (χ2n) is 5.45. The Morgan fingerprint density at radius 3 is 0.950 bits per heavy atom. The number of hydrogen-bond acceptors (Lipinski definition) is 0. The Balaban J connectivity index is -0.000000427. The maximum atomic E-state index is 3.88. The smallest absolute Gasteiger partial charge is 0 e. The molecule has 0 aromatic carbocycles. The Kier molecular flexibility index (Phi) is 47.0. The molecule has 0 N–H and O–H groups in total. The SMILES string of the molecule is [CH2-]CCCCCCCCCCCCCCCC.[Y].[Y].[Y]. The summed E-state index contributed by atoms with van der Waals surface area (Å²) < 4.78 is 0. The third-order valence-electron chi connectivity index (χ3n) is 3.60. The van der Waals surface area contributed by atoms with Crippen molar-refractivity contribution in [1.29, 1.82) is 0 Å². The number of unbranched alkanes of at least 4 members (excludes halogenated alkanes) is 14. The zero-order valence-corrected chi connectivity index (χ0v) is 22.6. The molecule has 0 spiro atoms. The monoisotopic (exact) mass is 506 g/mol. The summed E-state index contributed by atoms with van der Waals surface area (Å²) in [5, 5.41) is 0. The molecule has 0 rings (SSSR count). The van der Waals surface area contributed by atoms with Crippen LogP contribution in [0.2, 0.25) is 0 Å². The van der Waals surface area contributed by atoms with E-state index in [2.05, 4.69) is 13.8 Å². The third kappa shape index (κ3) is 29.3. The molecular weight excluding hydrogens is 471 g/mol. The normalized spacial score (nSPS) is 9.30. The van der Waals surface area contributed by atoms with Gasteiger partial charge in [-0.3, -0.25) is 0 Å². The molecule has 0 aliphatic rings. The van der Waals surface area contributed by atoms with Gasteiger partial charge >= 0.3 is 0 Å². The molecule has 0 bridgehead atoms. The van der Waals surface area contributed by atoms with Gasteiger partial charge in [0.05, 0.1) is 0 Å². The predicted octanol–water partition coefficient (Wildman–Crippen LogP) is 6.68. The van der Waals surface area contributed by atoms with Gasteiger partial charge < -0.3 is 6.92 Å². The van der Waals surface area contributed by atoms with Crippen molar-refractivity contribution in [3.63, 3.8) is 0 Å². The molecule has 0 fully saturated rings. The first-order chi connectivity index (χ1) is 8.41. The van der Waals surface area contributed by atoms with E-state index in [0.717, 1.165) is 6.42 Å². The van der Waals surface area contributed by atoms with Crippen LogP contribution in [0, 0.1) is 6.92 Å². The fourth-order valence-corrected chi connectivity index (χ4v) is 2.37. The van der Waals surface area contributed by atoms with Gasteiger partial charge in [-0.05, 0) is 0 Å². The minimum absolute atomic E-state index is 0. The predicted molar refractivity (Wildman–Crippen MR) is 80.3 cm³/mol. The Hall–Kier alpha value is 3.31. The topological polar surface area (TPSA) is 0 Å². The number of hydrogen-bond donors (Lipinski definition) is 0. The largest absolute Gasteiger partial charge is 0.343 e. The Morgan fingerprint density at radius 1 is 0.450 bits per heavy atom. The summed E-state index contributed by atoms with van der Waals surface area (Å²) in [4.78, 5) is 0. The van der Waals surface area contributed by atoms with Gasteiger partial charge in [-0.2, -0.15) is 6.42 Å². The molecule has 0 aliphatic heterocycles. The number of rotatable bonds is 14. The van der Waals surface area contributed by atoms with Gasteiger partial charge in [-0.15, -0.1) is 0 Å². The van der Waals surface area contributed by atoms with Crippen LogP contribution in [0.15, 0.2) is 0 Å². The summed E-state index contributed by atoms with van der Waals surface area (Å²) in [5.74, 6) is 0. The van der Waals surface area contributed by atoms with Crippen LogP contribution in [-0.2, 0) is 98.1 Å². The minimum Gasteiger partial charge on any atom is -0.343 e. The van der Waals surface area contributed by atoms with Crippen molar-refractivity contribution in [1.82, 2.24) is 0 Å². The van der Waals surface area contributed by atoms with E-state index in [4.69, 9.17) is 0 Å². The van der Waals surface area contributed by atoms with Crippen molar-refractivity contribution in [2.45, 2.75) is 103 Å². The van der Waals surface area contributed by atoms with Crippen LogP contribution in [0.25, 0.3) is 0 Å². The van der Waals surface area contributed by atoms with Crippen LogP contribution < -0.4 is 0 Å². The molecule has 3 radical (unpaired) electrons. The second kappa shape index (κ2) is 30.2. The van der Waals surface area contributed by atoms with Crippen molar-refractivity contribution in [2.75, 3.05) is 0 Å². The van der Waals surface area contributed by atoms with Gasteiger partial charge in [0.15, 0.2) is 0 Å². The molecular formula is C17H35Y3-. The van der Waals surface area contributed by atoms with Crippen molar-refractivity contribution in [2.24, 2.45) is 0 Å². The average Bonchev–Trinajstić information content (AvgIpc) is 2.35. The maximum absolute atomic E-state index is 3.88. The molecule has 0 aliphatic carbocycles. The molecule has 20 heavy (non-hydrogen) atoms. The van der Waals surface area contributed by atoms with Crippen molar-refractivity contribution in [3.8, 4) is 0 Å². The van der Waals surface area contributed by atoms with E-state index in [-0.39, 0.29) is 98.1 Å². The quantitative estimate of drug-likeness (QED) is 0.182. The summed E-state index contributed by atoms with van der Waals surface area (Å²) in [6.45, 7) is 6.17. The van der Waals surface area contributed by atoms with Gasteiger partial charge in [0.25, 0.3) is 0 Å². The van der Waals surface area contributed by atoms with Crippen LogP contribution in [0.4, 0.5) is 0 Å². The summed E-state index contributed by atoms with van der Waals surface area (Å²) in [6.07, 6.45) is 21.3. The molecule has 0 atom stereocenters. The van der Waals surface area contributed by atoms with E-state index in [0.29, 0.717) is 0 Å². The Morgan fingerprint density at radius 2 is 0.700 bits per heavy atom. The molecule has 0 nitrogen and oxygen atoms in total. The van der Waals surface area contributed by atoms with Crippen molar-refractivity contribution < 1.29 is 98.1 Å². The van der Waals surface area contributed by atoms with Crippen LogP contribution >= 0.6 is 0 Å². The first-order valence-electron chi connectivity index (χ1n) is 8.21. The summed E-state index contributed by atoms with van der Waals surface area (Å²) >= 11 is 0. The molecule has 0 saturated heterocycles. The second-order valence-corrected chi connectivity index (χ2v) is 5.45. The molecule has 0 unspecified atom stereocenters. The molecule has 0 saturated carbocycles. The average molecular weight is 506 g/mol. The van der Waals surface area contributed by atoms with Gasteiger partial charge in [-0.1, -0.05) is 96.8 Å². The molecule has 0 heterocycles. The molecule has 0 amide bonds. The fraction of sp³-hybridized carbons (Fsp3) is 0.941. The first kappa shape index (κ1) is 31.1. The standard InChI is InChI=1S/C17H35.3Y/c1-3-5-7-9-11-13-15-17-16-14-12-10-8-6-4-2;;;/h1,3-17H2,2H3;;;/q-1;;;. The Bertz CT molecular complexity index is 115. The summed E-state index contributed by atoms with van der Waals surface area (Å²) in [7, 11) is 0. The van der Waals surface area contributed by atoms with E-state index >= 15 is 0 Å². The van der Waals surface area contributed by atoms with Gasteiger partial charge in [0.1, 0.15) is 0 Å². The van der Waals surface area contributed by atoms with Crippen LogP contribution in [-0.4, -0.2) is 0 Å². The van der Waals surface area contributed by atoms with Crippen LogP contribution in [0.5, 0.6) is 0 Å². The van der Waals surface area contributed by atoms with Crippen LogP contribution in [0.3, 0.4) is 0 Å². The zero-order chi connectivity index (χ0) is 12.6. The van der Waals surface area contributed by atoms with E-state index in [1.807, 2.05) is 0 Å². The van der Waals surface area contributed by atoms with E-state index in [9.17, 15) is 0 Å². The first-order valence-corrected chi connectivity index (χ1v) is 8.21. The summed E-state index contributed by atoms with van der Waals surface area (Å²) in [6, 6.07) is 0. The summed E-state index contributed by atoms with van der Waals surface area (Å²) in [5.41, 5.74) is 0. The van der Waals surface area contributed by atoms with Crippen molar-refractivity contribution >= 4 is 0 Å². The van der Waals surface area contributed by atoms with Gasteiger partial charge in [-0.25, -0.2) is 0 Å². The zero-order valence-electron chi connectivity index (χ0n) is 14.0. The molecule has 0 aromatic rings. The molecule has 3 heteroatoms. The Labute approximate surface area is 205 Å². The third-order valence-corrected chi connectivity index (χ3v) is 3.60. The molecule has 0 aromatic heterocycles. The minimum atomic E-state index is 0. The van der Waals surface area contributed by atoms with Crippen molar-refractivity contribution in [3.05, 3.63) is 6.92 Å². The van der Waals surface area contributed by atoms with Crippen LogP contribution in [0.1, 0.15) is 103 Å². The van der Waals surface area contributed by atoms with Gasteiger partial charge in [0.2, 0.25) is 0 Å². The molecule has 113 valence electrons. The van der Waals surface area contributed by atoms with E-state index < -0.39 is 0 Å². The fourth-order valence-electron chi connectivity index (χ4n) is 2.37.